The first-order valence-electron chi connectivity index (χ1n) is 5.84. The molecular formula is C13H16FN3. The number of hydrogen-bond donors (Lipinski definition) is 1. The number of hydrogen-bond acceptors (Lipinski definition) is 3. The van der Waals surface area contributed by atoms with Gasteiger partial charge >= 0.3 is 0 Å². The number of rotatable bonds is 2. The molecule has 1 aromatic rings. The molecule has 1 fully saturated rings. The van der Waals surface area contributed by atoms with E-state index in [9.17, 15) is 4.39 Å². The quantitative estimate of drug-likeness (QED) is 0.841. The van der Waals surface area contributed by atoms with Crippen LogP contribution in [0.3, 0.4) is 0 Å². The summed E-state index contributed by atoms with van der Waals surface area (Å²) in [5.74, 6) is -0.283. The monoisotopic (exact) mass is 233 g/mol. The molecule has 4 heteroatoms. The fraction of sp³-hybridized carbons (Fsp3) is 0.462. The van der Waals surface area contributed by atoms with Gasteiger partial charge in [-0.05, 0) is 19.1 Å². The third-order valence-electron chi connectivity index (χ3n) is 3.19. The first kappa shape index (κ1) is 12.0. The zero-order chi connectivity index (χ0) is 12.3. The minimum Gasteiger partial charge on any atom is -0.314 e. The maximum Gasteiger partial charge on any atom is 0.129 e. The molecule has 1 N–H and O–H groups in total. The van der Waals surface area contributed by atoms with Crippen molar-refractivity contribution in [3.63, 3.8) is 0 Å². The van der Waals surface area contributed by atoms with Crippen LogP contribution in [0.4, 0.5) is 4.39 Å². The molecule has 90 valence electrons. The molecule has 17 heavy (non-hydrogen) atoms. The second kappa shape index (κ2) is 5.26. The maximum atomic E-state index is 13.7. The molecule has 1 saturated heterocycles. The van der Waals surface area contributed by atoms with Crippen molar-refractivity contribution in [2.75, 3.05) is 19.6 Å². The highest BCUT2D eigenvalue weighted by Crippen LogP contribution is 2.15. The molecule has 1 heterocycles. The van der Waals surface area contributed by atoms with Gasteiger partial charge in [0, 0.05) is 37.8 Å². The maximum absolute atomic E-state index is 13.7. The van der Waals surface area contributed by atoms with E-state index in [1.807, 2.05) is 6.07 Å². The Morgan fingerprint density at radius 1 is 1.59 bits per heavy atom. The third-order valence-corrected chi connectivity index (χ3v) is 3.19. The van der Waals surface area contributed by atoms with Gasteiger partial charge in [0.2, 0.25) is 0 Å². The van der Waals surface area contributed by atoms with Gasteiger partial charge in [-0.2, -0.15) is 5.26 Å². The van der Waals surface area contributed by atoms with Crippen LogP contribution in [-0.2, 0) is 6.54 Å². The van der Waals surface area contributed by atoms with E-state index in [2.05, 4.69) is 17.1 Å². The van der Waals surface area contributed by atoms with Gasteiger partial charge in [0.05, 0.1) is 11.6 Å². The van der Waals surface area contributed by atoms with E-state index in [0.717, 1.165) is 19.6 Å². The van der Waals surface area contributed by atoms with Crippen LogP contribution in [0.25, 0.3) is 0 Å². The van der Waals surface area contributed by atoms with Gasteiger partial charge in [-0.15, -0.1) is 0 Å². The number of piperazine rings is 1. The Morgan fingerprint density at radius 2 is 2.41 bits per heavy atom. The molecular weight excluding hydrogens is 217 g/mol. The molecule has 1 aromatic carbocycles. The Kier molecular flexibility index (Phi) is 3.72. The van der Waals surface area contributed by atoms with Gasteiger partial charge < -0.3 is 5.32 Å². The van der Waals surface area contributed by atoms with Crippen LogP contribution >= 0.6 is 0 Å². The molecule has 0 saturated carbocycles. The molecule has 2 rings (SSSR count). The SMILES string of the molecule is C[C@H]1CNCCN1Cc1ccc(C#N)cc1F. The van der Waals surface area contributed by atoms with E-state index >= 15 is 0 Å². The van der Waals surface area contributed by atoms with Gasteiger partial charge in [-0.25, -0.2) is 4.39 Å². The van der Waals surface area contributed by atoms with Crippen LogP contribution in [0, 0.1) is 17.1 Å². The molecule has 0 radical (unpaired) electrons. The van der Waals surface area contributed by atoms with E-state index in [4.69, 9.17) is 5.26 Å². The van der Waals surface area contributed by atoms with Crippen molar-refractivity contribution in [3.8, 4) is 6.07 Å². The molecule has 0 amide bonds. The largest absolute Gasteiger partial charge is 0.314 e. The number of nitrogens with zero attached hydrogens (tertiary/aromatic N) is 2. The summed E-state index contributed by atoms with van der Waals surface area (Å²) in [6.07, 6.45) is 0. The summed E-state index contributed by atoms with van der Waals surface area (Å²) < 4.78 is 13.7. The minimum atomic E-state index is -0.283. The van der Waals surface area contributed by atoms with E-state index in [0.29, 0.717) is 23.7 Å². The molecule has 0 spiro atoms. The highest BCUT2D eigenvalue weighted by molar-refractivity contribution is 5.32. The Hall–Kier alpha value is -1.44. The first-order valence-corrected chi connectivity index (χ1v) is 5.84. The summed E-state index contributed by atoms with van der Waals surface area (Å²) in [6.45, 7) is 5.56. The topological polar surface area (TPSA) is 39.1 Å². The summed E-state index contributed by atoms with van der Waals surface area (Å²) in [5.41, 5.74) is 1.04. The number of halogens is 1. The average molecular weight is 233 g/mol. The highest BCUT2D eigenvalue weighted by Gasteiger charge is 2.19. The number of benzene rings is 1. The summed E-state index contributed by atoms with van der Waals surface area (Å²) in [7, 11) is 0. The Morgan fingerprint density at radius 3 is 3.06 bits per heavy atom. The van der Waals surface area contributed by atoms with Crippen molar-refractivity contribution in [2.24, 2.45) is 0 Å². The zero-order valence-electron chi connectivity index (χ0n) is 9.91. The third kappa shape index (κ3) is 2.82. The van der Waals surface area contributed by atoms with Crippen LogP contribution in [0.1, 0.15) is 18.1 Å². The first-order chi connectivity index (χ1) is 8.20. The smallest absolute Gasteiger partial charge is 0.129 e. The molecule has 3 nitrogen and oxygen atoms in total. The Bertz CT molecular complexity index is 439. The van der Waals surface area contributed by atoms with Crippen molar-refractivity contribution in [2.45, 2.75) is 19.5 Å². The van der Waals surface area contributed by atoms with Crippen LogP contribution in [0.5, 0.6) is 0 Å². The average Bonchev–Trinajstić information content (AvgIpc) is 2.34. The van der Waals surface area contributed by atoms with Gasteiger partial charge in [0.1, 0.15) is 5.82 Å². The minimum absolute atomic E-state index is 0.283. The predicted molar refractivity (Wildman–Crippen MR) is 63.9 cm³/mol. The van der Waals surface area contributed by atoms with Crippen molar-refractivity contribution < 1.29 is 4.39 Å². The molecule has 0 bridgehead atoms. The summed E-state index contributed by atoms with van der Waals surface area (Å²) in [4.78, 5) is 2.25. The number of nitriles is 1. The highest BCUT2D eigenvalue weighted by atomic mass is 19.1. The Balaban J connectivity index is 2.10. The zero-order valence-corrected chi connectivity index (χ0v) is 9.91. The molecule has 1 atom stereocenters. The van der Waals surface area contributed by atoms with Crippen LogP contribution < -0.4 is 5.32 Å². The molecule has 1 aliphatic heterocycles. The van der Waals surface area contributed by atoms with E-state index in [1.165, 1.54) is 6.07 Å². The van der Waals surface area contributed by atoms with Gasteiger partial charge in [0.25, 0.3) is 0 Å². The predicted octanol–water partition coefficient (Wildman–Crippen LogP) is 1.49. The van der Waals surface area contributed by atoms with Gasteiger partial charge in [-0.1, -0.05) is 6.07 Å². The fourth-order valence-corrected chi connectivity index (χ4v) is 2.08. The van der Waals surface area contributed by atoms with Crippen LogP contribution in [0.2, 0.25) is 0 Å². The van der Waals surface area contributed by atoms with Crippen molar-refractivity contribution in [3.05, 3.63) is 35.1 Å². The lowest BCUT2D eigenvalue weighted by Crippen LogP contribution is -2.49. The normalized spacial score (nSPS) is 21.1. The summed E-state index contributed by atoms with van der Waals surface area (Å²) in [6, 6.07) is 7.05. The lowest BCUT2D eigenvalue weighted by Gasteiger charge is -2.33. The summed E-state index contributed by atoms with van der Waals surface area (Å²) in [5, 5.41) is 12.0. The molecule has 0 aromatic heterocycles. The van der Waals surface area contributed by atoms with E-state index < -0.39 is 0 Å². The van der Waals surface area contributed by atoms with Gasteiger partial charge in [-0.3, -0.25) is 4.90 Å². The van der Waals surface area contributed by atoms with E-state index in [1.54, 1.807) is 12.1 Å². The van der Waals surface area contributed by atoms with Crippen molar-refractivity contribution >= 4 is 0 Å². The molecule has 0 unspecified atom stereocenters. The van der Waals surface area contributed by atoms with Gasteiger partial charge in [0.15, 0.2) is 0 Å². The fourth-order valence-electron chi connectivity index (χ4n) is 2.08. The second-order valence-corrected chi connectivity index (χ2v) is 4.44. The van der Waals surface area contributed by atoms with Crippen LogP contribution in [0.15, 0.2) is 18.2 Å². The summed E-state index contributed by atoms with van der Waals surface area (Å²) >= 11 is 0. The number of nitrogens with one attached hydrogen (secondary N) is 1. The lowest BCUT2D eigenvalue weighted by molar-refractivity contribution is 0.164. The molecule has 1 aliphatic rings. The Labute approximate surface area is 101 Å². The standard InChI is InChI=1S/C13H16FN3/c1-10-8-16-4-5-17(10)9-12-3-2-11(7-15)6-13(12)14/h2-3,6,10,16H,4-5,8-9H2,1H3/t10-/m0/s1. The second-order valence-electron chi connectivity index (χ2n) is 4.44. The lowest BCUT2D eigenvalue weighted by atomic mass is 10.1. The van der Waals surface area contributed by atoms with Crippen LogP contribution in [-0.4, -0.2) is 30.6 Å². The van der Waals surface area contributed by atoms with E-state index in [-0.39, 0.29) is 5.82 Å². The van der Waals surface area contributed by atoms with Crippen molar-refractivity contribution in [1.29, 1.82) is 5.26 Å². The van der Waals surface area contributed by atoms with Crippen molar-refractivity contribution in [1.82, 2.24) is 10.2 Å². The molecule has 0 aliphatic carbocycles.